The summed E-state index contributed by atoms with van der Waals surface area (Å²) in [5.41, 5.74) is 2.37. The van der Waals surface area contributed by atoms with Crippen LogP contribution in [0.5, 0.6) is 0 Å². The molecule has 106 valence electrons. The molecule has 0 saturated carbocycles. The van der Waals surface area contributed by atoms with Gasteiger partial charge in [-0.25, -0.2) is 0 Å². The van der Waals surface area contributed by atoms with Crippen molar-refractivity contribution in [3.63, 3.8) is 0 Å². The lowest BCUT2D eigenvalue weighted by Crippen LogP contribution is -2.18. The smallest absolute Gasteiger partial charge is 0.256 e. The number of hydrogen-bond donors (Lipinski definition) is 1. The molecule has 20 heavy (non-hydrogen) atoms. The van der Waals surface area contributed by atoms with E-state index in [1.54, 1.807) is 6.20 Å². The van der Waals surface area contributed by atoms with E-state index in [1.165, 1.54) is 0 Å². The predicted octanol–water partition coefficient (Wildman–Crippen LogP) is 2.01. The van der Waals surface area contributed by atoms with Crippen molar-refractivity contribution in [3.8, 4) is 0 Å². The number of rotatable bonds is 5. The standard InChI is InChI=1S/C15H20N4O/c1-12-6-4-5-7-14(12)15(20)17-13-10-16-19(11-13)9-8-18(2)3/h4-7,10-11H,8-9H2,1-3H3,(H,17,20). The van der Waals surface area contributed by atoms with E-state index in [0.717, 1.165) is 24.3 Å². The number of aryl methyl sites for hydroxylation is 1. The molecule has 1 aromatic heterocycles. The van der Waals surface area contributed by atoms with Gasteiger partial charge in [-0.2, -0.15) is 5.10 Å². The Balaban J connectivity index is 2.00. The van der Waals surface area contributed by atoms with Crippen molar-refractivity contribution in [1.29, 1.82) is 0 Å². The van der Waals surface area contributed by atoms with Crippen molar-refractivity contribution < 1.29 is 4.79 Å². The molecule has 0 fully saturated rings. The first-order valence-electron chi connectivity index (χ1n) is 6.60. The number of anilines is 1. The van der Waals surface area contributed by atoms with Crippen molar-refractivity contribution >= 4 is 11.6 Å². The highest BCUT2D eigenvalue weighted by atomic mass is 16.1. The van der Waals surface area contributed by atoms with E-state index in [1.807, 2.05) is 56.2 Å². The minimum absolute atomic E-state index is 0.102. The average molecular weight is 272 g/mol. The Kier molecular flexibility index (Phi) is 4.53. The minimum Gasteiger partial charge on any atom is -0.319 e. The van der Waals surface area contributed by atoms with Gasteiger partial charge in [-0.3, -0.25) is 9.48 Å². The molecule has 5 heteroatoms. The normalized spacial score (nSPS) is 10.8. The van der Waals surface area contributed by atoms with Crippen LogP contribution in [0.2, 0.25) is 0 Å². The van der Waals surface area contributed by atoms with Gasteiger partial charge in [0, 0.05) is 18.3 Å². The molecule has 1 amide bonds. The molecule has 0 atom stereocenters. The van der Waals surface area contributed by atoms with Crippen molar-refractivity contribution in [2.75, 3.05) is 26.0 Å². The number of carbonyl (C=O) groups excluding carboxylic acids is 1. The van der Waals surface area contributed by atoms with Crippen LogP contribution >= 0.6 is 0 Å². The van der Waals surface area contributed by atoms with E-state index in [9.17, 15) is 4.79 Å². The zero-order valence-corrected chi connectivity index (χ0v) is 12.1. The molecule has 0 aliphatic rings. The van der Waals surface area contributed by atoms with E-state index < -0.39 is 0 Å². The number of nitrogens with zero attached hydrogens (tertiary/aromatic N) is 3. The molecular formula is C15H20N4O. The molecule has 2 rings (SSSR count). The summed E-state index contributed by atoms with van der Waals surface area (Å²) >= 11 is 0. The summed E-state index contributed by atoms with van der Waals surface area (Å²) in [6.07, 6.45) is 3.52. The van der Waals surface area contributed by atoms with E-state index in [4.69, 9.17) is 0 Å². The molecule has 0 saturated heterocycles. The van der Waals surface area contributed by atoms with Crippen LogP contribution in [0.15, 0.2) is 36.7 Å². The highest BCUT2D eigenvalue weighted by Crippen LogP contribution is 2.11. The molecule has 0 bridgehead atoms. The van der Waals surface area contributed by atoms with Crippen molar-refractivity contribution in [2.24, 2.45) is 0 Å². The fourth-order valence-electron chi connectivity index (χ4n) is 1.88. The Morgan fingerprint density at radius 2 is 2.10 bits per heavy atom. The van der Waals surface area contributed by atoms with Gasteiger partial charge in [0.15, 0.2) is 0 Å². The summed E-state index contributed by atoms with van der Waals surface area (Å²) in [4.78, 5) is 14.2. The summed E-state index contributed by atoms with van der Waals surface area (Å²) in [6.45, 7) is 3.63. The SMILES string of the molecule is Cc1ccccc1C(=O)Nc1cnn(CCN(C)C)c1. The van der Waals surface area contributed by atoms with Gasteiger partial charge in [-0.1, -0.05) is 18.2 Å². The van der Waals surface area contributed by atoms with Crippen LogP contribution < -0.4 is 5.32 Å². The topological polar surface area (TPSA) is 50.2 Å². The number of carbonyl (C=O) groups is 1. The molecule has 1 aromatic carbocycles. The molecule has 2 aromatic rings. The highest BCUT2D eigenvalue weighted by Gasteiger charge is 2.09. The number of likely N-dealkylation sites (N-methyl/N-ethyl adjacent to an activating group) is 1. The Morgan fingerprint density at radius 3 is 2.80 bits per heavy atom. The third-order valence-electron chi connectivity index (χ3n) is 3.06. The average Bonchev–Trinajstić information content (AvgIpc) is 2.84. The first kappa shape index (κ1) is 14.3. The van der Waals surface area contributed by atoms with Gasteiger partial charge in [-0.05, 0) is 32.6 Å². The lowest BCUT2D eigenvalue weighted by atomic mass is 10.1. The lowest BCUT2D eigenvalue weighted by molar-refractivity contribution is 0.102. The fourth-order valence-corrected chi connectivity index (χ4v) is 1.88. The first-order valence-corrected chi connectivity index (χ1v) is 6.60. The summed E-state index contributed by atoms with van der Waals surface area (Å²) in [6, 6.07) is 7.53. The molecule has 1 N–H and O–H groups in total. The summed E-state index contributed by atoms with van der Waals surface area (Å²) in [5.74, 6) is -0.102. The minimum atomic E-state index is -0.102. The number of hydrogen-bond acceptors (Lipinski definition) is 3. The maximum absolute atomic E-state index is 12.2. The van der Waals surface area contributed by atoms with Crippen LogP contribution in [0, 0.1) is 6.92 Å². The van der Waals surface area contributed by atoms with Crippen LogP contribution in [0.25, 0.3) is 0 Å². The van der Waals surface area contributed by atoms with E-state index in [-0.39, 0.29) is 5.91 Å². The van der Waals surface area contributed by atoms with Crippen LogP contribution in [0.3, 0.4) is 0 Å². The maximum atomic E-state index is 12.2. The van der Waals surface area contributed by atoms with Crippen LogP contribution in [-0.2, 0) is 6.54 Å². The third-order valence-corrected chi connectivity index (χ3v) is 3.06. The zero-order valence-electron chi connectivity index (χ0n) is 12.1. The molecule has 0 spiro atoms. The van der Waals surface area contributed by atoms with Gasteiger partial charge < -0.3 is 10.2 Å². The molecule has 0 aliphatic heterocycles. The maximum Gasteiger partial charge on any atom is 0.256 e. The van der Waals surface area contributed by atoms with Crippen LogP contribution in [-0.4, -0.2) is 41.2 Å². The Morgan fingerprint density at radius 1 is 1.35 bits per heavy atom. The number of benzene rings is 1. The Bertz CT molecular complexity index is 589. The molecule has 0 radical (unpaired) electrons. The van der Waals surface area contributed by atoms with Gasteiger partial charge in [0.2, 0.25) is 0 Å². The molecular weight excluding hydrogens is 252 g/mol. The predicted molar refractivity (Wildman–Crippen MR) is 79.9 cm³/mol. The number of amides is 1. The van der Waals surface area contributed by atoms with Crippen molar-refractivity contribution in [2.45, 2.75) is 13.5 Å². The summed E-state index contributed by atoms with van der Waals surface area (Å²) in [7, 11) is 4.04. The van der Waals surface area contributed by atoms with Crippen molar-refractivity contribution in [3.05, 3.63) is 47.8 Å². The highest BCUT2D eigenvalue weighted by molar-refractivity contribution is 6.05. The molecule has 0 unspecified atom stereocenters. The fraction of sp³-hybridized carbons (Fsp3) is 0.333. The summed E-state index contributed by atoms with van der Waals surface area (Å²) < 4.78 is 1.83. The monoisotopic (exact) mass is 272 g/mol. The Labute approximate surface area is 119 Å². The van der Waals surface area contributed by atoms with Gasteiger partial charge in [-0.15, -0.1) is 0 Å². The van der Waals surface area contributed by atoms with Crippen molar-refractivity contribution in [1.82, 2.24) is 14.7 Å². The van der Waals surface area contributed by atoms with E-state index >= 15 is 0 Å². The Hall–Kier alpha value is -2.14. The molecule has 0 aliphatic carbocycles. The first-order chi connectivity index (χ1) is 9.56. The van der Waals surface area contributed by atoms with Crippen LogP contribution in [0.1, 0.15) is 15.9 Å². The van der Waals surface area contributed by atoms with Gasteiger partial charge in [0.1, 0.15) is 0 Å². The molecule has 1 heterocycles. The zero-order chi connectivity index (χ0) is 14.5. The largest absolute Gasteiger partial charge is 0.319 e. The lowest BCUT2D eigenvalue weighted by Gasteiger charge is -2.08. The van der Waals surface area contributed by atoms with Gasteiger partial charge in [0.05, 0.1) is 18.4 Å². The second kappa shape index (κ2) is 6.34. The second-order valence-corrected chi connectivity index (χ2v) is 5.06. The van der Waals surface area contributed by atoms with Crippen LogP contribution in [0.4, 0.5) is 5.69 Å². The van der Waals surface area contributed by atoms with Gasteiger partial charge >= 0.3 is 0 Å². The number of nitrogens with one attached hydrogen (secondary N) is 1. The van der Waals surface area contributed by atoms with E-state index in [2.05, 4.69) is 15.3 Å². The quantitative estimate of drug-likeness (QED) is 0.905. The molecule has 5 nitrogen and oxygen atoms in total. The summed E-state index contributed by atoms with van der Waals surface area (Å²) in [5, 5.41) is 7.10. The second-order valence-electron chi connectivity index (χ2n) is 5.06. The third kappa shape index (κ3) is 3.68. The van der Waals surface area contributed by atoms with E-state index in [0.29, 0.717) is 5.56 Å². The number of aromatic nitrogens is 2. The van der Waals surface area contributed by atoms with Gasteiger partial charge in [0.25, 0.3) is 5.91 Å².